The minimum atomic E-state index is -0.318. The van der Waals surface area contributed by atoms with Gasteiger partial charge in [0.1, 0.15) is 6.04 Å². The molecule has 23 heavy (non-hydrogen) atoms. The maximum absolute atomic E-state index is 12.3. The Balaban J connectivity index is 1.52. The van der Waals surface area contributed by atoms with Crippen LogP contribution in [0.2, 0.25) is 0 Å². The fourth-order valence-corrected chi connectivity index (χ4v) is 2.87. The molecule has 3 rings (SSSR count). The minimum Gasteiger partial charge on any atom is -0.379 e. The number of amides is 1. The Hall–Kier alpha value is -1.51. The van der Waals surface area contributed by atoms with Crippen LogP contribution in [0.3, 0.4) is 0 Å². The first-order valence-electron chi connectivity index (χ1n) is 8.02. The number of ether oxygens (including phenoxy) is 2. The van der Waals surface area contributed by atoms with Crippen molar-refractivity contribution in [2.45, 2.75) is 43.8 Å². The normalized spacial score (nSPS) is 31.0. The summed E-state index contributed by atoms with van der Waals surface area (Å²) in [4.78, 5) is 12.3. The first-order chi connectivity index (χ1) is 11.2. The zero-order chi connectivity index (χ0) is 16.1. The topological polar surface area (TPSA) is 97.6 Å². The molecule has 0 aliphatic carbocycles. The summed E-state index contributed by atoms with van der Waals surface area (Å²) in [5.41, 5.74) is 12.6. The Morgan fingerprint density at radius 1 is 1.35 bits per heavy atom. The molecular formula is C16H24N4O3. The summed E-state index contributed by atoms with van der Waals surface area (Å²) in [5, 5.41) is 3.02. The average Bonchev–Trinajstić information content (AvgIpc) is 3.02. The molecule has 5 N–H and O–H groups in total. The van der Waals surface area contributed by atoms with E-state index in [0.717, 1.165) is 12.0 Å². The largest absolute Gasteiger partial charge is 0.379 e. The Kier molecular flexibility index (Phi) is 5.58. The fourth-order valence-electron chi connectivity index (χ4n) is 2.87. The van der Waals surface area contributed by atoms with Crippen molar-refractivity contribution in [2.75, 3.05) is 13.2 Å². The van der Waals surface area contributed by atoms with E-state index in [1.807, 2.05) is 30.3 Å². The number of rotatable bonds is 5. The van der Waals surface area contributed by atoms with Gasteiger partial charge in [-0.15, -0.1) is 0 Å². The zero-order valence-electron chi connectivity index (χ0n) is 13.0. The highest BCUT2D eigenvalue weighted by Crippen LogP contribution is 2.15. The quantitative estimate of drug-likeness (QED) is 0.591. The van der Waals surface area contributed by atoms with Crippen LogP contribution < -0.4 is 21.9 Å². The molecule has 0 aromatic heterocycles. The lowest BCUT2D eigenvalue weighted by atomic mass is 10.1. The Morgan fingerprint density at radius 3 is 2.91 bits per heavy atom. The predicted molar refractivity (Wildman–Crippen MR) is 85.0 cm³/mol. The van der Waals surface area contributed by atoms with E-state index in [2.05, 4.69) is 16.2 Å². The molecule has 2 aliphatic rings. The van der Waals surface area contributed by atoms with Crippen LogP contribution in [-0.2, 0) is 20.9 Å². The highest BCUT2D eigenvalue weighted by Gasteiger charge is 2.32. The monoisotopic (exact) mass is 320 g/mol. The number of hydrogen-bond acceptors (Lipinski definition) is 6. The highest BCUT2D eigenvalue weighted by atomic mass is 16.5. The summed E-state index contributed by atoms with van der Waals surface area (Å²) in [7, 11) is 0. The van der Waals surface area contributed by atoms with E-state index >= 15 is 0 Å². The number of hydrazine groups is 1. The molecule has 1 amide bonds. The van der Waals surface area contributed by atoms with Gasteiger partial charge in [0.05, 0.1) is 31.5 Å². The van der Waals surface area contributed by atoms with Crippen molar-refractivity contribution in [1.29, 1.82) is 0 Å². The van der Waals surface area contributed by atoms with Crippen LogP contribution in [0.5, 0.6) is 0 Å². The SMILES string of the molecule is NC1CC(C(=O)N[C@@H]2COCC[C@@H]2OCc2ccccc2)NN1. The van der Waals surface area contributed by atoms with Gasteiger partial charge in [0.25, 0.3) is 0 Å². The van der Waals surface area contributed by atoms with Crippen LogP contribution in [0.4, 0.5) is 0 Å². The van der Waals surface area contributed by atoms with Crippen molar-refractivity contribution in [3.05, 3.63) is 35.9 Å². The maximum Gasteiger partial charge on any atom is 0.238 e. The van der Waals surface area contributed by atoms with E-state index in [4.69, 9.17) is 15.2 Å². The molecule has 4 atom stereocenters. The van der Waals surface area contributed by atoms with E-state index in [-0.39, 0.29) is 30.3 Å². The fraction of sp³-hybridized carbons (Fsp3) is 0.562. The third-order valence-electron chi connectivity index (χ3n) is 4.18. The molecule has 2 unspecified atom stereocenters. The molecule has 0 spiro atoms. The molecule has 0 radical (unpaired) electrons. The molecule has 1 aromatic rings. The Morgan fingerprint density at radius 2 is 2.17 bits per heavy atom. The van der Waals surface area contributed by atoms with Crippen LogP contribution in [0.1, 0.15) is 18.4 Å². The van der Waals surface area contributed by atoms with Gasteiger partial charge in [-0.3, -0.25) is 4.79 Å². The lowest BCUT2D eigenvalue weighted by Gasteiger charge is -2.32. The van der Waals surface area contributed by atoms with Crippen molar-refractivity contribution in [2.24, 2.45) is 5.73 Å². The number of nitrogens with one attached hydrogen (secondary N) is 3. The number of nitrogens with two attached hydrogens (primary N) is 1. The van der Waals surface area contributed by atoms with E-state index in [9.17, 15) is 4.79 Å². The lowest BCUT2D eigenvalue weighted by Crippen LogP contribution is -2.54. The summed E-state index contributed by atoms with van der Waals surface area (Å²) in [5.74, 6) is -0.0748. The van der Waals surface area contributed by atoms with Gasteiger partial charge >= 0.3 is 0 Å². The van der Waals surface area contributed by atoms with Gasteiger partial charge in [0, 0.05) is 13.0 Å². The predicted octanol–water partition coefficient (Wildman–Crippen LogP) is -0.372. The molecule has 1 aromatic carbocycles. The second-order valence-electron chi connectivity index (χ2n) is 6.00. The number of carbonyl (C=O) groups is 1. The number of hydrogen-bond donors (Lipinski definition) is 4. The van der Waals surface area contributed by atoms with Crippen molar-refractivity contribution in [3.63, 3.8) is 0 Å². The second kappa shape index (κ2) is 7.85. The lowest BCUT2D eigenvalue weighted by molar-refractivity contribution is -0.128. The summed E-state index contributed by atoms with van der Waals surface area (Å²) >= 11 is 0. The second-order valence-corrected chi connectivity index (χ2v) is 6.00. The molecule has 2 saturated heterocycles. The molecule has 0 saturated carbocycles. The molecule has 0 bridgehead atoms. The average molecular weight is 320 g/mol. The molecule has 7 heteroatoms. The van der Waals surface area contributed by atoms with E-state index in [0.29, 0.717) is 26.2 Å². The van der Waals surface area contributed by atoms with Crippen LogP contribution >= 0.6 is 0 Å². The third-order valence-corrected chi connectivity index (χ3v) is 4.18. The van der Waals surface area contributed by atoms with Crippen molar-refractivity contribution in [3.8, 4) is 0 Å². The highest BCUT2D eigenvalue weighted by molar-refractivity contribution is 5.82. The van der Waals surface area contributed by atoms with Gasteiger partial charge in [-0.05, 0) is 12.0 Å². The van der Waals surface area contributed by atoms with Gasteiger partial charge in [-0.25, -0.2) is 10.9 Å². The summed E-state index contributed by atoms with van der Waals surface area (Å²) < 4.78 is 11.5. The van der Waals surface area contributed by atoms with Gasteiger partial charge in [-0.1, -0.05) is 30.3 Å². The summed E-state index contributed by atoms with van der Waals surface area (Å²) in [6, 6.07) is 9.56. The van der Waals surface area contributed by atoms with Crippen LogP contribution in [0, 0.1) is 0 Å². The smallest absolute Gasteiger partial charge is 0.238 e. The summed E-state index contributed by atoms with van der Waals surface area (Å²) in [6.07, 6.45) is 1.09. The van der Waals surface area contributed by atoms with Crippen molar-refractivity contribution >= 4 is 5.91 Å². The first-order valence-corrected chi connectivity index (χ1v) is 8.02. The van der Waals surface area contributed by atoms with E-state index in [1.165, 1.54) is 0 Å². The van der Waals surface area contributed by atoms with Crippen LogP contribution in [-0.4, -0.2) is 43.5 Å². The maximum atomic E-state index is 12.3. The summed E-state index contributed by atoms with van der Waals surface area (Å²) in [6.45, 7) is 1.66. The van der Waals surface area contributed by atoms with Crippen molar-refractivity contribution < 1.29 is 14.3 Å². The Bertz CT molecular complexity index is 513. The molecule has 2 fully saturated rings. The van der Waals surface area contributed by atoms with Gasteiger partial charge < -0.3 is 20.5 Å². The zero-order valence-corrected chi connectivity index (χ0v) is 13.0. The standard InChI is InChI=1S/C16H24N4O3/c17-15-8-12(19-20-15)16(21)18-13-10-22-7-6-14(13)23-9-11-4-2-1-3-5-11/h1-5,12-15,19-20H,6-10,17H2,(H,18,21)/t12?,13-,14+,15?/m1/s1. The minimum absolute atomic E-state index is 0.0454. The van der Waals surface area contributed by atoms with E-state index in [1.54, 1.807) is 0 Å². The molecule has 2 heterocycles. The Labute approximate surface area is 135 Å². The first kappa shape index (κ1) is 16.4. The van der Waals surface area contributed by atoms with Crippen LogP contribution in [0.15, 0.2) is 30.3 Å². The number of benzene rings is 1. The molecule has 126 valence electrons. The van der Waals surface area contributed by atoms with Gasteiger partial charge in [0.2, 0.25) is 5.91 Å². The third kappa shape index (κ3) is 4.49. The van der Waals surface area contributed by atoms with Crippen molar-refractivity contribution in [1.82, 2.24) is 16.2 Å². The van der Waals surface area contributed by atoms with Crippen LogP contribution in [0.25, 0.3) is 0 Å². The van der Waals surface area contributed by atoms with E-state index < -0.39 is 0 Å². The van der Waals surface area contributed by atoms with Gasteiger partial charge in [-0.2, -0.15) is 0 Å². The molecule has 2 aliphatic heterocycles. The molecule has 7 nitrogen and oxygen atoms in total. The number of carbonyl (C=O) groups excluding carboxylic acids is 1. The molecular weight excluding hydrogens is 296 g/mol. The van der Waals surface area contributed by atoms with Gasteiger partial charge in [0.15, 0.2) is 0 Å².